The lowest BCUT2D eigenvalue weighted by atomic mass is 9.99. The van der Waals surface area contributed by atoms with Gasteiger partial charge in [-0.15, -0.1) is 5.26 Å². The lowest BCUT2D eigenvalue weighted by molar-refractivity contribution is 0.366. The second-order valence-electron chi connectivity index (χ2n) is 3.99. The maximum Gasteiger partial charge on any atom is 0.291 e. The molecule has 0 fully saturated rings. The molecule has 0 spiro atoms. The van der Waals surface area contributed by atoms with Crippen molar-refractivity contribution in [2.45, 2.75) is 12.8 Å². The molecule has 0 saturated carbocycles. The minimum Gasteiger partial charge on any atom is -0.392 e. The van der Waals surface area contributed by atoms with Crippen LogP contribution >= 0.6 is 0 Å². The Labute approximate surface area is 106 Å². The topological polar surface area (TPSA) is 74.6 Å². The first-order valence-corrected chi connectivity index (χ1v) is 5.57. The normalized spacial score (nSPS) is 19.1. The monoisotopic (exact) mass is 242 g/mol. The van der Waals surface area contributed by atoms with E-state index in [0.29, 0.717) is 12.2 Å². The van der Waals surface area contributed by atoms with Gasteiger partial charge in [0.05, 0.1) is 5.70 Å². The van der Waals surface area contributed by atoms with Crippen molar-refractivity contribution in [2.75, 3.05) is 7.05 Å². The Morgan fingerprint density at radius 3 is 3.11 bits per heavy atom. The smallest absolute Gasteiger partial charge is 0.291 e. The molecule has 2 N–H and O–H groups in total. The lowest BCUT2D eigenvalue weighted by Crippen LogP contribution is -2.29. The highest BCUT2D eigenvalue weighted by Gasteiger charge is 2.18. The highest BCUT2D eigenvalue weighted by Crippen LogP contribution is 2.29. The summed E-state index contributed by atoms with van der Waals surface area (Å²) in [6.07, 6.45) is 12.3. The Kier molecular flexibility index (Phi) is 3.60. The van der Waals surface area contributed by atoms with Gasteiger partial charge in [-0.3, -0.25) is 10.0 Å². The van der Waals surface area contributed by atoms with Crippen molar-refractivity contribution < 1.29 is 4.74 Å². The van der Waals surface area contributed by atoms with Gasteiger partial charge >= 0.3 is 0 Å². The molecule has 2 rings (SSSR count). The first-order valence-electron chi connectivity index (χ1n) is 5.57. The fourth-order valence-electron chi connectivity index (χ4n) is 1.99. The summed E-state index contributed by atoms with van der Waals surface area (Å²) in [4.78, 5) is 3.99. The van der Waals surface area contributed by atoms with Gasteiger partial charge in [-0.2, -0.15) is 0 Å². The zero-order chi connectivity index (χ0) is 13.0. The molecule has 1 aliphatic heterocycles. The van der Waals surface area contributed by atoms with Crippen molar-refractivity contribution in [1.82, 2.24) is 5.01 Å². The van der Waals surface area contributed by atoms with Gasteiger partial charge in [0, 0.05) is 32.3 Å². The minimum atomic E-state index is 0.557. The zero-order valence-electron chi connectivity index (χ0n) is 10.1. The molecule has 5 nitrogen and oxygen atoms in total. The first-order chi connectivity index (χ1) is 8.74. The van der Waals surface area contributed by atoms with Crippen molar-refractivity contribution in [3.63, 3.8) is 0 Å². The Morgan fingerprint density at radius 2 is 2.39 bits per heavy atom. The summed E-state index contributed by atoms with van der Waals surface area (Å²) in [5, 5.41) is 10.1. The van der Waals surface area contributed by atoms with Gasteiger partial charge in [0.25, 0.3) is 6.26 Å². The van der Waals surface area contributed by atoms with E-state index in [2.05, 4.69) is 4.99 Å². The van der Waals surface area contributed by atoms with E-state index in [1.807, 2.05) is 24.4 Å². The Bertz CT molecular complexity index is 532. The standard InChI is InChI=1S/C13H14N4O/c1-16-7-10-6-11-2-3-12(18-9-14)4-5-13(11)17(15)8-10/h2-3,5,7-8H,4,6,15H2,1H3/b16-7+. The average Bonchev–Trinajstić information content (AvgIpc) is 2.54. The number of allylic oxidation sites excluding steroid dienone is 5. The van der Waals surface area contributed by atoms with E-state index in [0.717, 1.165) is 23.3 Å². The van der Waals surface area contributed by atoms with E-state index in [-0.39, 0.29) is 0 Å². The quantitative estimate of drug-likeness (QED) is 0.454. The third-order valence-electron chi connectivity index (χ3n) is 2.75. The summed E-state index contributed by atoms with van der Waals surface area (Å²) < 4.78 is 4.85. The molecule has 1 heterocycles. The number of aliphatic imine (C=N–C) groups is 1. The highest BCUT2D eigenvalue weighted by molar-refractivity contribution is 5.80. The van der Waals surface area contributed by atoms with Crippen molar-refractivity contribution in [3.8, 4) is 6.26 Å². The molecule has 5 heteroatoms. The van der Waals surface area contributed by atoms with Crippen molar-refractivity contribution in [1.29, 1.82) is 5.26 Å². The predicted octanol–water partition coefficient (Wildman–Crippen LogP) is 1.75. The number of ether oxygens (including phenoxy) is 1. The molecule has 0 radical (unpaired) electrons. The van der Waals surface area contributed by atoms with Crippen LogP contribution in [0.25, 0.3) is 0 Å². The van der Waals surface area contributed by atoms with Crippen LogP contribution in [-0.4, -0.2) is 18.3 Å². The van der Waals surface area contributed by atoms with Crippen LogP contribution in [0.3, 0.4) is 0 Å². The van der Waals surface area contributed by atoms with E-state index < -0.39 is 0 Å². The number of hydrogen-bond donors (Lipinski definition) is 1. The number of rotatable bonds is 2. The molecular formula is C13H14N4O. The summed E-state index contributed by atoms with van der Waals surface area (Å²) in [7, 11) is 1.73. The van der Waals surface area contributed by atoms with Gasteiger partial charge in [0.1, 0.15) is 5.76 Å². The molecule has 0 aromatic carbocycles. The molecule has 0 unspecified atom stereocenters. The molecule has 0 bridgehead atoms. The van der Waals surface area contributed by atoms with E-state index in [1.165, 1.54) is 0 Å². The van der Waals surface area contributed by atoms with Gasteiger partial charge in [0.15, 0.2) is 0 Å². The molecular weight excluding hydrogens is 228 g/mol. The molecule has 0 aromatic heterocycles. The van der Waals surface area contributed by atoms with Crippen molar-refractivity contribution >= 4 is 6.21 Å². The Balaban J connectivity index is 2.30. The van der Waals surface area contributed by atoms with Crippen LogP contribution in [0.2, 0.25) is 0 Å². The van der Waals surface area contributed by atoms with E-state index in [1.54, 1.807) is 24.5 Å². The fraction of sp³-hybridized carbons (Fsp3) is 0.231. The SMILES string of the molecule is C/N=C/C1=CN(N)C2=CCC(OC#N)=CC=C2C1. The van der Waals surface area contributed by atoms with Crippen molar-refractivity contribution in [3.05, 3.63) is 47.0 Å². The summed E-state index contributed by atoms with van der Waals surface area (Å²) >= 11 is 0. The maximum atomic E-state index is 8.52. The van der Waals surface area contributed by atoms with E-state index in [9.17, 15) is 0 Å². The third-order valence-corrected chi connectivity index (χ3v) is 2.75. The van der Waals surface area contributed by atoms with Crippen LogP contribution in [0.15, 0.2) is 52.0 Å². The molecule has 18 heavy (non-hydrogen) atoms. The largest absolute Gasteiger partial charge is 0.392 e. The van der Waals surface area contributed by atoms with Crippen LogP contribution in [0.5, 0.6) is 0 Å². The number of nitriles is 1. The third kappa shape index (κ3) is 2.50. The zero-order valence-corrected chi connectivity index (χ0v) is 10.1. The second-order valence-corrected chi connectivity index (χ2v) is 3.99. The van der Waals surface area contributed by atoms with Crippen LogP contribution in [0, 0.1) is 11.5 Å². The summed E-state index contributed by atoms with van der Waals surface area (Å²) in [5.41, 5.74) is 3.07. The second kappa shape index (κ2) is 5.34. The summed E-state index contributed by atoms with van der Waals surface area (Å²) in [6, 6.07) is 0. The van der Waals surface area contributed by atoms with Crippen LogP contribution < -0.4 is 5.84 Å². The van der Waals surface area contributed by atoms with Crippen LogP contribution in [0.1, 0.15) is 12.8 Å². The molecule has 0 atom stereocenters. The van der Waals surface area contributed by atoms with Crippen LogP contribution in [0.4, 0.5) is 0 Å². The fourth-order valence-corrected chi connectivity index (χ4v) is 1.99. The summed E-state index contributed by atoms with van der Waals surface area (Å²) in [6.45, 7) is 0. The molecule has 0 amide bonds. The van der Waals surface area contributed by atoms with Gasteiger partial charge < -0.3 is 4.74 Å². The van der Waals surface area contributed by atoms with Crippen LogP contribution in [-0.2, 0) is 4.74 Å². The average molecular weight is 242 g/mol. The first kappa shape index (κ1) is 12.1. The predicted molar refractivity (Wildman–Crippen MR) is 68.7 cm³/mol. The lowest BCUT2D eigenvalue weighted by Gasteiger charge is -2.26. The number of hydrazine groups is 1. The highest BCUT2D eigenvalue weighted by atomic mass is 16.5. The number of nitrogens with two attached hydrogens (primary N) is 1. The Hall–Kier alpha value is -2.32. The maximum absolute atomic E-state index is 8.52. The van der Waals surface area contributed by atoms with Crippen molar-refractivity contribution in [2.24, 2.45) is 10.8 Å². The number of nitrogens with zero attached hydrogens (tertiary/aromatic N) is 3. The molecule has 2 aliphatic rings. The summed E-state index contributed by atoms with van der Waals surface area (Å²) in [5.74, 6) is 6.57. The van der Waals surface area contributed by atoms with Gasteiger partial charge in [0.2, 0.25) is 0 Å². The van der Waals surface area contributed by atoms with E-state index >= 15 is 0 Å². The molecule has 0 saturated heterocycles. The van der Waals surface area contributed by atoms with Gasteiger partial charge in [-0.25, -0.2) is 5.84 Å². The molecule has 1 aliphatic carbocycles. The Morgan fingerprint density at radius 1 is 1.56 bits per heavy atom. The van der Waals surface area contributed by atoms with Gasteiger partial charge in [-0.1, -0.05) is 12.2 Å². The number of hydrogen-bond acceptors (Lipinski definition) is 5. The van der Waals surface area contributed by atoms with E-state index in [4.69, 9.17) is 15.8 Å². The molecule has 92 valence electrons. The molecule has 0 aromatic rings. The minimum absolute atomic E-state index is 0.557. The number of fused-ring (bicyclic) bond motifs is 1. The van der Waals surface area contributed by atoms with Gasteiger partial charge in [-0.05, 0) is 17.2 Å².